The summed E-state index contributed by atoms with van der Waals surface area (Å²) in [4.78, 5) is 25.4. The van der Waals surface area contributed by atoms with Gasteiger partial charge in [0, 0.05) is 44.2 Å². The van der Waals surface area contributed by atoms with E-state index in [4.69, 9.17) is 20.9 Å². The number of rotatable bonds is 7. The van der Waals surface area contributed by atoms with Crippen molar-refractivity contribution in [3.8, 4) is 0 Å². The van der Waals surface area contributed by atoms with E-state index < -0.39 is 0 Å². The Balaban J connectivity index is 1.43. The van der Waals surface area contributed by atoms with Crippen LogP contribution in [-0.4, -0.2) is 54.2 Å². The maximum Gasteiger partial charge on any atom is 0.227 e. The van der Waals surface area contributed by atoms with E-state index in [0.29, 0.717) is 24.7 Å². The largest absolute Gasteiger partial charge is 0.374 e. The summed E-state index contributed by atoms with van der Waals surface area (Å²) in [6, 6.07) is 9.34. The molecule has 2 heterocycles. The van der Waals surface area contributed by atoms with Gasteiger partial charge in [0.2, 0.25) is 11.8 Å². The lowest BCUT2D eigenvalue weighted by atomic mass is 10.2. The molecule has 0 bridgehead atoms. The van der Waals surface area contributed by atoms with Crippen molar-refractivity contribution >= 4 is 29.2 Å². The van der Waals surface area contributed by atoms with Gasteiger partial charge in [0.1, 0.15) is 5.76 Å². The first-order valence-electron chi connectivity index (χ1n) is 9.06. The second kappa shape index (κ2) is 9.68. The van der Waals surface area contributed by atoms with Crippen LogP contribution in [0.25, 0.3) is 0 Å². The molecule has 150 valence electrons. The van der Waals surface area contributed by atoms with Crippen LogP contribution in [-0.2, 0) is 27.3 Å². The molecule has 1 aromatic heterocycles. The van der Waals surface area contributed by atoms with Crippen molar-refractivity contribution < 1.29 is 18.8 Å². The van der Waals surface area contributed by atoms with Gasteiger partial charge in [-0.25, -0.2) is 0 Å². The number of nitrogens with zero attached hydrogens (tertiary/aromatic N) is 2. The summed E-state index contributed by atoms with van der Waals surface area (Å²) in [6.07, 6.45) is -0.0347. The van der Waals surface area contributed by atoms with Gasteiger partial charge in [-0.2, -0.15) is 0 Å². The lowest BCUT2D eigenvalue weighted by Crippen LogP contribution is -2.47. The molecular formula is C19H23ClN4O4. The van der Waals surface area contributed by atoms with Gasteiger partial charge in [-0.15, -0.1) is 0 Å². The van der Waals surface area contributed by atoms with Gasteiger partial charge in [0.25, 0.3) is 0 Å². The molecule has 0 saturated carbocycles. The van der Waals surface area contributed by atoms with Crippen LogP contribution in [0, 0.1) is 0 Å². The third kappa shape index (κ3) is 6.33. The minimum Gasteiger partial charge on any atom is -0.374 e. The van der Waals surface area contributed by atoms with Gasteiger partial charge >= 0.3 is 0 Å². The van der Waals surface area contributed by atoms with Crippen LogP contribution >= 0.6 is 11.6 Å². The summed E-state index contributed by atoms with van der Waals surface area (Å²) in [5.74, 6) is 0.234. The maximum absolute atomic E-state index is 12.1. The Morgan fingerprint density at radius 1 is 1.36 bits per heavy atom. The third-order valence-corrected chi connectivity index (χ3v) is 4.48. The molecule has 0 radical (unpaired) electrons. The van der Waals surface area contributed by atoms with Gasteiger partial charge in [-0.3, -0.25) is 14.5 Å². The number of anilines is 1. The second-order valence-corrected chi connectivity index (χ2v) is 7.13. The highest BCUT2D eigenvalue weighted by Crippen LogP contribution is 2.15. The average Bonchev–Trinajstić information content (AvgIpc) is 3.06. The van der Waals surface area contributed by atoms with Crippen LogP contribution in [0.15, 0.2) is 34.9 Å². The number of halogens is 1. The van der Waals surface area contributed by atoms with E-state index in [0.717, 1.165) is 30.2 Å². The summed E-state index contributed by atoms with van der Waals surface area (Å²) >= 11 is 6.05. The van der Waals surface area contributed by atoms with Gasteiger partial charge in [-0.1, -0.05) is 28.9 Å². The predicted octanol–water partition coefficient (Wildman–Crippen LogP) is 1.85. The Kier molecular flexibility index (Phi) is 7.02. The minimum atomic E-state index is -0.249. The molecule has 8 nitrogen and oxygen atoms in total. The molecule has 28 heavy (non-hydrogen) atoms. The summed E-state index contributed by atoms with van der Waals surface area (Å²) in [5, 5.41) is 9.77. The first-order valence-corrected chi connectivity index (χ1v) is 9.44. The molecule has 1 saturated heterocycles. The van der Waals surface area contributed by atoms with Gasteiger partial charge in [-0.05, 0) is 17.7 Å². The topological polar surface area (TPSA) is 96.7 Å². The maximum atomic E-state index is 12.1. The summed E-state index contributed by atoms with van der Waals surface area (Å²) in [5.41, 5.74) is 1.15. The fourth-order valence-electron chi connectivity index (χ4n) is 3.03. The van der Waals surface area contributed by atoms with E-state index in [1.54, 1.807) is 0 Å². The van der Waals surface area contributed by atoms with Crippen LogP contribution < -0.4 is 10.6 Å². The van der Waals surface area contributed by atoms with Crippen LogP contribution in [0.3, 0.4) is 0 Å². The molecule has 1 aliphatic heterocycles. The molecular weight excluding hydrogens is 384 g/mol. The number of carbonyl (C=O) groups excluding carboxylic acids is 2. The zero-order valence-corrected chi connectivity index (χ0v) is 16.4. The number of carbonyl (C=O) groups is 2. The fraction of sp³-hybridized carbons (Fsp3) is 0.421. The van der Waals surface area contributed by atoms with Crippen molar-refractivity contribution in [1.29, 1.82) is 0 Å². The van der Waals surface area contributed by atoms with Crippen molar-refractivity contribution in [2.24, 2.45) is 0 Å². The molecule has 0 spiro atoms. The van der Waals surface area contributed by atoms with Crippen molar-refractivity contribution in [3.05, 3.63) is 46.7 Å². The Morgan fingerprint density at radius 3 is 3.00 bits per heavy atom. The van der Waals surface area contributed by atoms with E-state index >= 15 is 0 Å². The molecule has 1 aliphatic rings. The zero-order valence-electron chi connectivity index (χ0n) is 15.6. The number of aromatic nitrogens is 1. The lowest BCUT2D eigenvalue weighted by molar-refractivity contribution is -0.122. The highest BCUT2D eigenvalue weighted by molar-refractivity contribution is 6.30. The lowest BCUT2D eigenvalue weighted by Gasteiger charge is -2.33. The van der Waals surface area contributed by atoms with Gasteiger partial charge in [0.15, 0.2) is 5.82 Å². The highest BCUT2D eigenvalue weighted by atomic mass is 35.5. The van der Waals surface area contributed by atoms with Crippen molar-refractivity contribution in [3.63, 3.8) is 0 Å². The summed E-state index contributed by atoms with van der Waals surface area (Å²) in [7, 11) is 0. The fourth-order valence-corrected chi connectivity index (χ4v) is 3.24. The van der Waals surface area contributed by atoms with Gasteiger partial charge in [0.05, 0.1) is 19.1 Å². The van der Waals surface area contributed by atoms with Crippen LogP contribution in [0.2, 0.25) is 5.02 Å². The third-order valence-electron chi connectivity index (χ3n) is 4.24. The highest BCUT2D eigenvalue weighted by Gasteiger charge is 2.21. The van der Waals surface area contributed by atoms with E-state index in [1.165, 1.54) is 13.0 Å². The molecule has 0 aliphatic carbocycles. The Morgan fingerprint density at radius 2 is 2.21 bits per heavy atom. The number of ether oxygens (including phenoxy) is 1. The van der Waals surface area contributed by atoms with Crippen LogP contribution in [0.1, 0.15) is 18.2 Å². The Bertz CT molecular complexity index is 826. The molecule has 1 aromatic carbocycles. The van der Waals surface area contributed by atoms with E-state index in [-0.39, 0.29) is 24.3 Å². The zero-order chi connectivity index (χ0) is 19.9. The summed E-state index contributed by atoms with van der Waals surface area (Å²) in [6.45, 7) is 4.75. The van der Waals surface area contributed by atoms with Crippen molar-refractivity contribution in [2.75, 3.05) is 31.6 Å². The number of nitrogens with one attached hydrogen (secondary N) is 2. The quantitative estimate of drug-likeness (QED) is 0.728. The van der Waals surface area contributed by atoms with E-state index in [2.05, 4.69) is 20.7 Å². The molecule has 1 atom stereocenters. The number of morpholine rings is 1. The standard InChI is InChI=1S/C19H23ClN4O4/c1-13(25)22-18-8-16(28-23-18)9-19(26)21-10-17-12-24(5-6-27-17)11-14-3-2-4-15(20)7-14/h2-4,7-8,17H,5-6,9-12H2,1H3,(H,21,26)(H,22,23,25)/t17-/m0/s1. The first-order chi connectivity index (χ1) is 13.5. The Hall–Kier alpha value is -2.42. The van der Waals surface area contributed by atoms with Crippen molar-refractivity contribution in [2.45, 2.75) is 26.0 Å². The van der Waals surface area contributed by atoms with Crippen LogP contribution in [0.4, 0.5) is 5.82 Å². The van der Waals surface area contributed by atoms with Crippen molar-refractivity contribution in [1.82, 2.24) is 15.4 Å². The summed E-state index contributed by atoms with van der Waals surface area (Å²) < 4.78 is 10.8. The molecule has 1 fully saturated rings. The second-order valence-electron chi connectivity index (χ2n) is 6.70. The molecule has 2 amide bonds. The number of hydrogen-bond donors (Lipinski definition) is 2. The predicted molar refractivity (Wildman–Crippen MR) is 104 cm³/mol. The monoisotopic (exact) mass is 406 g/mol. The van der Waals surface area contributed by atoms with Gasteiger partial charge < -0.3 is 19.9 Å². The Labute approximate surface area is 168 Å². The van der Waals surface area contributed by atoms with E-state index in [1.807, 2.05) is 24.3 Å². The number of benzene rings is 1. The van der Waals surface area contributed by atoms with E-state index in [9.17, 15) is 9.59 Å². The normalized spacial score (nSPS) is 17.3. The first kappa shape index (κ1) is 20.3. The molecule has 2 aromatic rings. The molecule has 0 unspecified atom stereocenters. The molecule has 2 N–H and O–H groups in total. The minimum absolute atomic E-state index is 0.0472. The van der Waals surface area contributed by atoms with Crippen LogP contribution in [0.5, 0.6) is 0 Å². The number of hydrogen-bond acceptors (Lipinski definition) is 6. The smallest absolute Gasteiger partial charge is 0.227 e. The molecule has 3 rings (SSSR count). The molecule has 9 heteroatoms. The number of amides is 2. The average molecular weight is 407 g/mol. The SMILES string of the molecule is CC(=O)Nc1cc(CC(=O)NC[C@H]2CN(Cc3cccc(Cl)c3)CCO2)on1.